The third-order valence-corrected chi connectivity index (χ3v) is 4.19. The lowest BCUT2D eigenvalue weighted by Gasteiger charge is -2.43. The van der Waals surface area contributed by atoms with Gasteiger partial charge in [-0.05, 0) is 44.4 Å². The van der Waals surface area contributed by atoms with E-state index in [0.29, 0.717) is 6.54 Å². The van der Waals surface area contributed by atoms with Crippen molar-refractivity contribution in [1.29, 1.82) is 0 Å². The molecule has 20 heavy (non-hydrogen) atoms. The van der Waals surface area contributed by atoms with Crippen LogP contribution in [0.25, 0.3) is 0 Å². The molecule has 0 bridgehead atoms. The van der Waals surface area contributed by atoms with Crippen molar-refractivity contribution >= 4 is 5.91 Å². The Kier molecular flexibility index (Phi) is 4.04. The number of rotatable bonds is 5. The number of ether oxygens (including phenoxy) is 1. The highest BCUT2D eigenvalue weighted by molar-refractivity contribution is 5.85. The molecule has 110 valence electrons. The molecule has 0 spiro atoms. The molecule has 0 aliphatic heterocycles. The van der Waals surface area contributed by atoms with Crippen LogP contribution in [0.4, 0.5) is 0 Å². The Hall–Kier alpha value is -1.55. The van der Waals surface area contributed by atoms with Gasteiger partial charge >= 0.3 is 0 Å². The molecule has 0 radical (unpaired) electrons. The minimum atomic E-state index is -0.829. The van der Waals surface area contributed by atoms with Crippen LogP contribution in [-0.4, -0.2) is 25.1 Å². The average molecular weight is 276 g/mol. The van der Waals surface area contributed by atoms with Gasteiger partial charge < -0.3 is 15.8 Å². The number of hydrogen-bond acceptors (Lipinski definition) is 3. The van der Waals surface area contributed by atoms with Crippen molar-refractivity contribution in [3.63, 3.8) is 0 Å². The number of amides is 1. The summed E-state index contributed by atoms with van der Waals surface area (Å²) in [5.41, 5.74) is 6.31. The van der Waals surface area contributed by atoms with Crippen LogP contribution in [0, 0.1) is 0 Å². The zero-order chi connectivity index (χ0) is 14.8. The van der Waals surface area contributed by atoms with Crippen LogP contribution in [0.2, 0.25) is 0 Å². The van der Waals surface area contributed by atoms with Crippen molar-refractivity contribution in [3.8, 4) is 5.75 Å². The molecule has 1 aromatic rings. The van der Waals surface area contributed by atoms with Gasteiger partial charge in [-0.1, -0.05) is 18.6 Å². The van der Waals surface area contributed by atoms with Crippen LogP contribution in [0.3, 0.4) is 0 Å². The van der Waals surface area contributed by atoms with E-state index in [1.54, 1.807) is 21.0 Å². The highest BCUT2D eigenvalue weighted by Crippen LogP contribution is 2.43. The molecule has 3 N–H and O–H groups in total. The maximum Gasteiger partial charge on any atom is 0.239 e. The fraction of sp³-hybridized carbons (Fsp3) is 0.562. The Balaban J connectivity index is 2.07. The van der Waals surface area contributed by atoms with Gasteiger partial charge in [-0.25, -0.2) is 0 Å². The third-order valence-electron chi connectivity index (χ3n) is 4.19. The lowest BCUT2D eigenvalue weighted by Crippen LogP contribution is -2.53. The van der Waals surface area contributed by atoms with Crippen molar-refractivity contribution in [2.75, 3.05) is 13.7 Å². The van der Waals surface area contributed by atoms with Crippen molar-refractivity contribution < 1.29 is 9.53 Å². The molecule has 0 heterocycles. The molecule has 1 aromatic carbocycles. The highest BCUT2D eigenvalue weighted by Gasteiger charge is 2.39. The Morgan fingerprint density at radius 2 is 1.95 bits per heavy atom. The van der Waals surface area contributed by atoms with Gasteiger partial charge in [0.2, 0.25) is 5.91 Å². The Morgan fingerprint density at radius 1 is 1.35 bits per heavy atom. The smallest absolute Gasteiger partial charge is 0.239 e. The van der Waals surface area contributed by atoms with E-state index in [4.69, 9.17) is 10.5 Å². The lowest BCUT2D eigenvalue weighted by molar-refractivity contribution is -0.125. The molecular weight excluding hydrogens is 252 g/mol. The first kappa shape index (κ1) is 14.9. The van der Waals surface area contributed by atoms with Crippen molar-refractivity contribution in [3.05, 3.63) is 29.8 Å². The second-order valence-electron chi connectivity index (χ2n) is 6.27. The van der Waals surface area contributed by atoms with Crippen LogP contribution in [-0.2, 0) is 10.2 Å². The average Bonchev–Trinajstić information content (AvgIpc) is 2.37. The van der Waals surface area contributed by atoms with Gasteiger partial charge in [0.25, 0.3) is 0 Å². The maximum atomic E-state index is 11.9. The first-order chi connectivity index (χ1) is 9.37. The Bertz CT molecular complexity index is 470. The Labute approximate surface area is 120 Å². The SMILES string of the molecule is COc1ccc(C2(CNC(=O)C(C)(C)N)CCC2)cc1. The van der Waals surface area contributed by atoms with E-state index in [1.807, 2.05) is 12.1 Å². The van der Waals surface area contributed by atoms with Gasteiger partial charge in [0.1, 0.15) is 5.75 Å². The van der Waals surface area contributed by atoms with Crippen LogP contribution < -0.4 is 15.8 Å². The topological polar surface area (TPSA) is 64.3 Å². The molecule has 0 unspecified atom stereocenters. The third kappa shape index (κ3) is 2.96. The molecule has 1 saturated carbocycles. The van der Waals surface area contributed by atoms with E-state index in [9.17, 15) is 4.79 Å². The van der Waals surface area contributed by atoms with Crippen LogP contribution >= 0.6 is 0 Å². The molecule has 1 fully saturated rings. The molecular formula is C16H24N2O2. The van der Waals surface area contributed by atoms with Gasteiger partial charge in [0.05, 0.1) is 12.6 Å². The molecule has 0 aromatic heterocycles. The molecule has 1 amide bonds. The fourth-order valence-corrected chi connectivity index (χ4v) is 2.59. The van der Waals surface area contributed by atoms with E-state index in [-0.39, 0.29) is 11.3 Å². The van der Waals surface area contributed by atoms with Gasteiger partial charge in [0, 0.05) is 12.0 Å². The first-order valence-electron chi connectivity index (χ1n) is 7.09. The molecule has 2 rings (SSSR count). The molecule has 4 heteroatoms. The van der Waals surface area contributed by atoms with E-state index in [0.717, 1.165) is 18.6 Å². The normalized spacial score (nSPS) is 17.2. The summed E-state index contributed by atoms with van der Waals surface area (Å²) in [5, 5.41) is 3.00. The fourth-order valence-electron chi connectivity index (χ4n) is 2.59. The van der Waals surface area contributed by atoms with Crippen LogP contribution in [0.5, 0.6) is 5.75 Å². The zero-order valence-corrected chi connectivity index (χ0v) is 12.5. The number of nitrogens with two attached hydrogens (primary N) is 1. The van der Waals surface area contributed by atoms with Crippen molar-refractivity contribution in [2.24, 2.45) is 5.73 Å². The maximum absolute atomic E-state index is 11.9. The van der Waals surface area contributed by atoms with Gasteiger partial charge in [-0.15, -0.1) is 0 Å². The summed E-state index contributed by atoms with van der Waals surface area (Å²) in [5.74, 6) is 0.757. The molecule has 0 atom stereocenters. The largest absolute Gasteiger partial charge is 0.497 e. The summed E-state index contributed by atoms with van der Waals surface area (Å²) in [4.78, 5) is 11.9. The Morgan fingerprint density at radius 3 is 2.35 bits per heavy atom. The minimum absolute atomic E-state index is 0.0627. The second kappa shape index (κ2) is 5.44. The summed E-state index contributed by atoms with van der Waals surface area (Å²) in [7, 11) is 1.66. The van der Waals surface area contributed by atoms with Crippen molar-refractivity contribution in [2.45, 2.75) is 44.1 Å². The summed E-state index contributed by atoms with van der Waals surface area (Å²) in [6.45, 7) is 4.10. The zero-order valence-electron chi connectivity index (χ0n) is 12.5. The van der Waals surface area contributed by atoms with Crippen LogP contribution in [0.15, 0.2) is 24.3 Å². The number of nitrogens with one attached hydrogen (secondary N) is 1. The number of methoxy groups -OCH3 is 1. The summed E-state index contributed by atoms with van der Waals surface area (Å²) in [6, 6.07) is 8.14. The minimum Gasteiger partial charge on any atom is -0.497 e. The lowest BCUT2D eigenvalue weighted by atomic mass is 9.64. The molecule has 1 aliphatic carbocycles. The molecule has 1 aliphatic rings. The van der Waals surface area contributed by atoms with Gasteiger partial charge in [-0.2, -0.15) is 0 Å². The number of benzene rings is 1. The standard InChI is InChI=1S/C16H24N2O2/c1-15(2,17)14(19)18-11-16(9-4-10-16)12-5-7-13(20-3)8-6-12/h5-8H,4,9-11,17H2,1-3H3,(H,18,19). The van der Waals surface area contributed by atoms with E-state index in [1.165, 1.54) is 12.0 Å². The highest BCUT2D eigenvalue weighted by atomic mass is 16.5. The van der Waals surface area contributed by atoms with Crippen molar-refractivity contribution in [1.82, 2.24) is 5.32 Å². The number of hydrogen-bond donors (Lipinski definition) is 2. The monoisotopic (exact) mass is 276 g/mol. The van der Waals surface area contributed by atoms with Gasteiger partial charge in [-0.3, -0.25) is 4.79 Å². The first-order valence-corrected chi connectivity index (χ1v) is 7.09. The number of carbonyl (C=O) groups excluding carboxylic acids is 1. The number of carbonyl (C=O) groups is 1. The summed E-state index contributed by atoms with van der Waals surface area (Å²) >= 11 is 0. The van der Waals surface area contributed by atoms with Crippen LogP contribution in [0.1, 0.15) is 38.7 Å². The second-order valence-corrected chi connectivity index (χ2v) is 6.27. The quantitative estimate of drug-likeness (QED) is 0.864. The van der Waals surface area contributed by atoms with E-state index >= 15 is 0 Å². The van der Waals surface area contributed by atoms with E-state index in [2.05, 4.69) is 17.4 Å². The van der Waals surface area contributed by atoms with Gasteiger partial charge in [0.15, 0.2) is 0 Å². The van der Waals surface area contributed by atoms with E-state index < -0.39 is 5.54 Å². The summed E-state index contributed by atoms with van der Waals surface area (Å²) in [6.07, 6.45) is 3.41. The molecule has 0 saturated heterocycles. The predicted octanol–water partition coefficient (Wildman–Crippen LogP) is 1.97. The molecule has 4 nitrogen and oxygen atoms in total. The predicted molar refractivity (Wildman–Crippen MR) is 79.8 cm³/mol. The summed E-state index contributed by atoms with van der Waals surface area (Å²) < 4.78 is 5.19.